The lowest BCUT2D eigenvalue weighted by Crippen LogP contribution is -2.52. The van der Waals surface area contributed by atoms with Gasteiger partial charge in [-0.15, -0.1) is 0 Å². The summed E-state index contributed by atoms with van der Waals surface area (Å²) in [4.78, 5) is 15.5. The van der Waals surface area contributed by atoms with Crippen LogP contribution in [0.4, 0.5) is 5.69 Å². The Bertz CT molecular complexity index is 382. The minimum atomic E-state index is -0.766. The maximum atomic E-state index is 11.6. The molecule has 0 radical (unpaired) electrons. The van der Waals surface area contributed by atoms with E-state index in [4.69, 9.17) is 16.2 Å². The van der Waals surface area contributed by atoms with Crippen molar-refractivity contribution in [1.29, 1.82) is 0 Å². The third-order valence-corrected chi connectivity index (χ3v) is 2.19. The van der Waals surface area contributed by atoms with E-state index < -0.39 is 12.1 Å². The summed E-state index contributed by atoms with van der Waals surface area (Å²) < 4.78 is 5.37. The summed E-state index contributed by atoms with van der Waals surface area (Å²) in [5.41, 5.74) is 11.6. The van der Waals surface area contributed by atoms with E-state index in [0.29, 0.717) is 11.6 Å². The van der Waals surface area contributed by atoms with Gasteiger partial charge < -0.3 is 21.5 Å². The van der Waals surface area contributed by atoms with Gasteiger partial charge in [-0.2, -0.15) is 0 Å². The van der Waals surface area contributed by atoms with Crippen molar-refractivity contribution in [2.75, 3.05) is 11.9 Å². The molecule has 0 saturated heterocycles. The van der Waals surface area contributed by atoms with E-state index in [2.05, 4.69) is 10.3 Å². The van der Waals surface area contributed by atoms with Gasteiger partial charge in [0.1, 0.15) is 5.69 Å². The van der Waals surface area contributed by atoms with Crippen LogP contribution in [0.25, 0.3) is 0 Å². The van der Waals surface area contributed by atoms with E-state index in [1.54, 1.807) is 18.3 Å². The van der Waals surface area contributed by atoms with Crippen molar-refractivity contribution in [3.05, 3.63) is 18.3 Å². The molecule has 2 unspecified atom stereocenters. The molecule has 1 aliphatic rings. The monoisotopic (exact) mass is 208 g/mol. The Morgan fingerprint density at radius 3 is 3.20 bits per heavy atom. The molecule has 0 spiro atoms. The molecule has 1 aromatic heterocycles. The van der Waals surface area contributed by atoms with Crippen molar-refractivity contribution >= 4 is 11.6 Å². The van der Waals surface area contributed by atoms with E-state index >= 15 is 0 Å². The van der Waals surface area contributed by atoms with Gasteiger partial charge in [0.15, 0.2) is 6.10 Å². The first-order chi connectivity index (χ1) is 7.22. The van der Waals surface area contributed by atoms with Crippen molar-refractivity contribution in [3.63, 3.8) is 0 Å². The van der Waals surface area contributed by atoms with Crippen LogP contribution in [0.15, 0.2) is 18.3 Å². The SMILES string of the molecule is NCC(N)C1Oc2ncccc2NC1=O. The maximum Gasteiger partial charge on any atom is 0.267 e. The molecule has 5 N–H and O–H groups in total. The van der Waals surface area contributed by atoms with Gasteiger partial charge in [0, 0.05) is 12.7 Å². The van der Waals surface area contributed by atoms with E-state index in [1.807, 2.05) is 0 Å². The van der Waals surface area contributed by atoms with Crippen LogP contribution in [0.1, 0.15) is 0 Å². The van der Waals surface area contributed by atoms with Crippen LogP contribution in [0, 0.1) is 0 Å². The molecule has 6 nitrogen and oxygen atoms in total. The number of nitrogens with zero attached hydrogens (tertiary/aromatic N) is 1. The van der Waals surface area contributed by atoms with E-state index in [-0.39, 0.29) is 12.5 Å². The number of rotatable bonds is 2. The Kier molecular flexibility index (Phi) is 2.53. The molecule has 0 aromatic carbocycles. The Hall–Kier alpha value is -1.66. The molecule has 0 aliphatic carbocycles. The number of nitrogens with two attached hydrogens (primary N) is 2. The zero-order chi connectivity index (χ0) is 10.8. The minimum Gasteiger partial charge on any atom is -0.461 e. The number of amides is 1. The molecule has 1 aromatic rings. The zero-order valence-corrected chi connectivity index (χ0v) is 8.01. The predicted octanol–water partition coefficient (Wildman–Crippen LogP) is -0.933. The predicted molar refractivity (Wildman–Crippen MR) is 54.3 cm³/mol. The summed E-state index contributed by atoms with van der Waals surface area (Å²) in [6.07, 6.45) is 0.818. The number of aromatic nitrogens is 1. The molecule has 80 valence electrons. The highest BCUT2D eigenvalue weighted by Gasteiger charge is 2.32. The van der Waals surface area contributed by atoms with Crippen LogP contribution in [-0.2, 0) is 4.79 Å². The lowest BCUT2D eigenvalue weighted by Gasteiger charge is -2.27. The summed E-state index contributed by atoms with van der Waals surface area (Å²) >= 11 is 0. The first-order valence-corrected chi connectivity index (χ1v) is 4.60. The van der Waals surface area contributed by atoms with Gasteiger partial charge in [-0.25, -0.2) is 4.98 Å². The number of anilines is 1. The average molecular weight is 208 g/mol. The largest absolute Gasteiger partial charge is 0.461 e. The zero-order valence-electron chi connectivity index (χ0n) is 8.01. The van der Waals surface area contributed by atoms with E-state index in [1.165, 1.54) is 0 Å². The summed E-state index contributed by atoms with van der Waals surface area (Å²) in [7, 11) is 0. The summed E-state index contributed by atoms with van der Waals surface area (Å²) in [5, 5.41) is 2.66. The summed E-state index contributed by atoms with van der Waals surface area (Å²) in [5.74, 6) is 0.0967. The number of hydrogen-bond donors (Lipinski definition) is 3. The fourth-order valence-electron chi connectivity index (χ4n) is 1.36. The molecule has 1 aliphatic heterocycles. The van der Waals surface area contributed by atoms with Crippen LogP contribution in [0.2, 0.25) is 0 Å². The fraction of sp³-hybridized carbons (Fsp3) is 0.333. The lowest BCUT2D eigenvalue weighted by atomic mass is 10.1. The first-order valence-electron chi connectivity index (χ1n) is 4.60. The van der Waals surface area contributed by atoms with Crippen LogP contribution in [0.3, 0.4) is 0 Å². The standard InChI is InChI=1S/C9H12N4O2/c10-4-5(11)7-8(14)13-6-2-1-3-12-9(6)15-7/h1-3,5,7H,4,10-11H2,(H,13,14). The van der Waals surface area contributed by atoms with Crippen molar-refractivity contribution < 1.29 is 9.53 Å². The smallest absolute Gasteiger partial charge is 0.267 e. The molecule has 0 fully saturated rings. The van der Waals surface area contributed by atoms with E-state index in [0.717, 1.165) is 0 Å². The molecule has 2 heterocycles. The highest BCUT2D eigenvalue weighted by molar-refractivity contribution is 5.97. The van der Waals surface area contributed by atoms with Gasteiger partial charge in [0.05, 0.1) is 6.04 Å². The summed E-state index contributed by atoms with van der Waals surface area (Å²) in [6, 6.07) is 2.90. The molecule has 0 bridgehead atoms. The number of ether oxygens (including phenoxy) is 1. The number of fused-ring (bicyclic) bond motifs is 1. The van der Waals surface area contributed by atoms with Crippen molar-refractivity contribution in [3.8, 4) is 5.88 Å². The van der Waals surface area contributed by atoms with Crippen molar-refractivity contribution in [2.24, 2.45) is 11.5 Å². The molecule has 1 amide bonds. The molecular formula is C9H12N4O2. The van der Waals surface area contributed by atoms with Crippen LogP contribution in [0.5, 0.6) is 5.88 Å². The molecule has 0 saturated carbocycles. The maximum absolute atomic E-state index is 11.6. The number of nitrogens with one attached hydrogen (secondary N) is 1. The van der Waals surface area contributed by atoms with Crippen LogP contribution < -0.4 is 21.5 Å². The first kappa shape index (κ1) is 9.88. The Labute approximate surface area is 86.6 Å². The Morgan fingerprint density at radius 1 is 1.67 bits per heavy atom. The number of pyridine rings is 1. The highest BCUT2D eigenvalue weighted by Crippen LogP contribution is 2.26. The van der Waals surface area contributed by atoms with Crippen LogP contribution >= 0.6 is 0 Å². The Morgan fingerprint density at radius 2 is 2.47 bits per heavy atom. The highest BCUT2D eigenvalue weighted by atomic mass is 16.5. The molecule has 2 rings (SSSR count). The minimum absolute atomic E-state index is 0.181. The van der Waals surface area contributed by atoms with E-state index in [9.17, 15) is 4.79 Å². The van der Waals surface area contributed by atoms with Gasteiger partial charge in [0.2, 0.25) is 5.88 Å². The second kappa shape index (κ2) is 3.84. The second-order valence-electron chi connectivity index (χ2n) is 3.28. The Balaban J connectivity index is 2.26. The van der Waals surface area contributed by atoms with Gasteiger partial charge in [0.25, 0.3) is 5.91 Å². The molecule has 15 heavy (non-hydrogen) atoms. The molecular weight excluding hydrogens is 196 g/mol. The van der Waals surface area contributed by atoms with Crippen molar-refractivity contribution in [2.45, 2.75) is 12.1 Å². The number of carbonyl (C=O) groups excluding carboxylic acids is 1. The third kappa shape index (κ3) is 1.77. The second-order valence-corrected chi connectivity index (χ2v) is 3.28. The van der Waals surface area contributed by atoms with Crippen LogP contribution in [-0.4, -0.2) is 29.6 Å². The number of carbonyl (C=O) groups is 1. The molecule has 6 heteroatoms. The fourth-order valence-corrected chi connectivity index (χ4v) is 1.36. The van der Waals surface area contributed by atoms with Gasteiger partial charge in [-0.05, 0) is 12.1 Å². The third-order valence-electron chi connectivity index (χ3n) is 2.19. The molecule has 2 atom stereocenters. The average Bonchev–Trinajstić information content (AvgIpc) is 2.27. The normalized spacial score (nSPS) is 21.2. The number of hydrogen-bond acceptors (Lipinski definition) is 5. The summed E-state index contributed by atoms with van der Waals surface area (Å²) in [6.45, 7) is 0.181. The lowest BCUT2D eigenvalue weighted by molar-refractivity contribution is -0.124. The van der Waals surface area contributed by atoms with Gasteiger partial charge in [-0.1, -0.05) is 0 Å². The topological polar surface area (TPSA) is 103 Å². The van der Waals surface area contributed by atoms with Gasteiger partial charge >= 0.3 is 0 Å². The quantitative estimate of drug-likeness (QED) is 0.582. The van der Waals surface area contributed by atoms with Crippen molar-refractivity contribution in [1.82, 2.24) is 4.98 Å². The van der Waals surface area contributed by atoms with Gasteiger partial charge in [-0.3, -0.25) is 4.79 Å².